The number of likely N-dealkylation sites (tertiary alicyclic amines) is 1. The van der Waals surface area contributed by atoms with Crippen molar-refractivity contribution < 1.29 is 35.9 Å². The first-order valence-corrected chi connectivity index (χ1v) is 17.1. The summed E-state index contributed by atoms with van der Waals surface area (Å²) in [6.45, 7) is 2.25. The number of hydrogen-bond donors (Lipinski definition) is 2. The van der Waals surface area contributed by atoms with Gasteiger partial charge in [-0.2, -0.15) is 19.0 Å². The fraction of sp³-hybridized carbons (Fsp3) is 0.333. The Bertz CT molecular complexity index is 2160. The topological polar surface area (TPSA) is 159 Å². The maximum Gasteiger partial charge on any atom is 0.355 e. The second-order valence-corrected chi connectivity index (χ2v) is 13.8. The normalized spacial score (nSPS) is 17.6. The van der Waals surface area contributed by atoms with Gasteiger partial charge in [0.05, 0.1) is 35.9 Å². The van der Waals surface area contributed by atoms with Gasteiger partial charge in [0.2, 0.25) is 0 Å². The number of piperidine rings is 1. The van der Waals surface area contributed by atoms with Crippen LogP contribution < -0.4 is 15.2 Å². The van der Waals surface area contributed by atoms with Gasteiger partial charge in [0.25, 0.3) is 10.0 Å². The molecule has 3 N–H and O–H groups in total. The monoisotopic (exact) mass is 712 g/mol. The van der Waals surface area contributed by atoms with E-state index in [9.17, 15) is 26.4 Å². The van der Waals surface area contributed by atoms with Gasteiger partial charge in [0, 0.05) is 42.7 Å². The van der Waals surface area contributed by atoms with Crippen LogP contribution in [-0.2, 0) is 26.6 Å². The number of benzene rings is 2. The molecule has 1 saturated heterocycles. The van der Waals surface area contributed by atoms with Gasteiger partial charge in [0.15, 0.2) is 0 Å². The predicted octanol–water partition coefficient (Wildman–Crippen LogP) is 5.13. The number of carbonyl (C=O) groups excluding carboxylic acids is 1. The molecule has 0 saturated carbocycles. The lowest BCUT2D eigenvalue weighted by atomic mass is 9.99. The van der Waals surface area contributed by atoms with Crippen molar-refractivity contribution in [3.8, 4) is 28.1 Å². The fourth-order valence-corrected chi connectivity index (χ4v) is 6.80. The summed E-state index contributed by atoms with van der Waals surface area (Å²) < 4.78 is 80.9. The molecule has 1 aliphatic rings. The second kappa shape index (κ2) is 13.6. The van der Waals surface area contributed by atoms with Crippen molar-refractivity contribution in [2.24, 2.45) is 7.05 Å². The zero-order valence-corrected chi connectivity index (χ0v) is 28.4. The molecule has 17 heteroatoms. The number of nitrogens with one attached hydrogen (secondary N) is 1. The standard InChI is InChI=1S/C33H35F3N8O5S/c1-18(19-5-8-22(34)9-6-19)49-27-13-20(7-11-25(27)41-50(46,47)33(35)36)29-28-30(43(3)40-29)24(15-38-31(28)37)21-14-39-44(16-21)23-10-12-26(32(45)48-4)42(2)17-23/h5-9,11,13-16,18,23,26,33,41H,10,12,17H2,1-4H3,(H2,37,38)/t18-,23?,26?/m0/s1. The van der Waals surface area contributed by atoms with Gasteiger partial charge in [0.1, 0.15) is 35.2 Å². The number of pyridine rings is 1. The molecule has 0 radical (unpaired) electrons. The van der Waals surface area contributed by atoms with Crippen molar-refractivity contribution in [3.63, 3.8) is 0 Å². The molecule has 13 nitrogen and oxygen atoms in total. The summed E-state index contributed by atoms with van der Waals surface area (Å²) in [4.78, 5) is 18.6. The first kappa shape index (κ1) is 34.7. The number of hydrogen-bond acceptors (Lipinski definition) is 10. The Morgan fingerprint density at radius 2 is 1.82 bits per heavy atom. The minimum absolute atomic E-state index is 0.0192. The minimum Gasteiger partial charge on any atom is -0.484 e. The van der Waals surface area contributed by atoms with Gasteiger partial charge in [-0.05, 0) is 56.6 Å². The molecule has 6 rings (SSSR count). The average molecular weight is 713 g/mol. The van der Waals surface area contributed by atoms with E-state index in [1.807, 2.05) is 27.5 Å². The molecule has 5 aromatic rings. The first-order valence-electron chi connectivity index (χ1n) is 15.6. The number of likely N-dealkylation sites (N-methyl/N-ethyl adjacent to an activating group) is 1. The number of aromatic nitrogens is 5. The van der Waals surface area contributed by atoms with E-state index in [4.69, 9.17) is 20.3 Å². The number of nitrogens with zero attached hydrogens (tertiary/aromatic N) is 6. The molecule has 0 bridgehead atoms. The SMILES string of the molecule is COC(=O)C1CCC(n2cc(-c3cnc(N)c4c(-c5ccc(NS(=O)(=O)C(F)F)c(O[C@@H](C)c6ccc(F)cc6)c5)nn(C)c34)cn2)CN1C. The Balaban J connectivity index is 1.37. The second-order valence-electron chi connectivity index (χ2n) is 12.1. The predicted molar refractivity (Wildman–Crippen MR) is 180 cm³/mol. The molecule has 1 aliphatic heterocycles. The van der Waals surface area contributed by atoms with Crippen LogP contribution in [0.15, 0.2) is 61.1 Å². The lowest BCUT2D eigenvalue weighted by Crippen LogP contribution is -2.46. The third-order valence-corrected chi connectivity index (χ3v) is 9.81. The van der Waals surface area contributed by atoms with Crippen molar-refractivity contribution in [3.05, 3.63) is 72.4 Å². The zero-order chi connectivity index (χ0) is 35.9. The summed E-state index contributed by atoms with van der Waals surface area (Å²) in [7, 11) is -0.0450. The van der Waals surface area contributed by atoms with E-state index in [1.165, 1.54) is 49.6 Å². The number of alkyl halides is 2. The molecular formula is C33H35F3N8O5S. The highest BCUT2D eigenvalue weighted by molar-refractivity contribution is 7.93. The lowest BCUT2D eigenvalue weighted by molar-refractivity contribution is -0.148. The summed E-state index contributed by atoms with van der Waals surface area (Å²) >= 11 is 0. The summed E-state index contributed by atoms with van der Waals surface area (Å²) in [5, 5.41) is 9.85. The van der Waals surface area contributed by atoms with Crippen molar-refractivity contribution in [2.45, 2.75) is 43.7 Å². The van der Waals surface area contributed by atoms with E-state index in [-0.39, 0.29) is 35.3 Å². The van der Waals surface area contributed by atoms with Crippen molar-refractivity contribution in [2.75, 3.05) is 31.2 Å². The number of rotatable bonds is 10. The summed E-state index contributed by atoms with van der Waals surface area (Å²) in [6.07, 6.45) is 5.88. The average Bonchev–Trinajstić information content (AvgIpc) is 3.71. The third-order valence-electron chi connectivity index (χ3n) is 8.84. The number of fused-ring (bicyclic) bond motifs is 1. The molecular weight excluding hydrogens is 677 g/mol. The Kier molecular flexibility index (Phi) is 9.46. The number of nitrogen functional groups attached to an aromatic ring is 1. The number of halogens is 3. The van der Waals surface area contributed by atoms with Gasteiger partial charge in [-0.15, -0.1) is 0 Å². The van der Waals surface area contributed by atoms with Crippen LogP contribution in [0.1, 0.15) is 37.5 Å². The van der Waals surface area contributed by atoms with Gasteiger partial charge in [-0.3, -0.25) is 23.8 Å². The molecule has 0 spiro atoms. The molecule has 4 heterocycles. The highest BCUT2D eigenvalue weighted by Gasteiger charge is 2.33. The van der Waals surface area contributed by atoms with E-state index in [0.717, 1.165) is 12.0 Å². The van der Waals surface area contributed by atoms with Crippen LogP contribution in [0.25, 0.3) is 33.3 Å². The minimum atomic E-state index is -5.04. The highest BCUT2D eigenvalue weighted by Crippen LogP contribution is 2.40. The first-order chi connectivity index (χ1) is 23.8. The number of ether oxygens (including phenoxy) is 2. The Hall–Kier alpha value is -5.16. The van der Waals surface area contributed by atoms with Gasteiger partial charge in [-0.25, -0.2) is 17.8 Å². The molecule has 0 aliphatic carbocycles. The number of anilines is 2. The quantitative estimate of drug-likeness (QED) is 0.186. The van der Waals surface area contributed by atoms with Gasteiger partial charge in [-0.1, -0.05) is 18.2 Å². The van der Waals surface area contributed by atoms with Crippen LogP contribution in [-0.4, -0.2) is 76.3 Å². The van der Waals surface area contributed by atoms with E-state index >= 15 is 0 Å². The molecule has 0 amide bonds. The molecule has 264 valence electrons. The van der Waals surface area contributed by atoms with Crippen LogP contribution in [0.3, 0.4) is 0 Å². The summed E-state index contributed by atoms with van der Waals surface area (Å²) in [6, 6.07) is 9.48. The number of carbonyl (C=O) groups is 1. The lowest BCUT2D eigenvalue weighted by Gasteiger charge is -2.35. The van der Waals surface area contributed by atoms with Crippen molar-refractivity contribution in [1.29, 1.82) is 0 Å². The summed E-state index contributed by atoms with van der Waals surface area (Å²) in [5.74, 6) is -4.30. The van der Waals surface area contributed by atoms with Crippen LogP contribution in [0.2, 0.25) is 0 Å². The van der Waals surface area contributed by atoms with E-state index in [1.54, 1.807) is 31.0 Å². The Morgan fingerprint density at radius 1 is 1.08 bits per heavy atom. The largest absolute Gasteiger partial charge is 0.484 e. The molecule has 3 atom stereocenters. The molecule has 3 aromatic heterocycles. The Labute approximate surface area is 285 Å². The highest BCUT2D eigenvalue weighted by atomic mass is 32.2. The smallest absolute Gasteiger partial charge is 0.355 e. The van der Waals surface area contributed by atoms with E-state index in [0.29, 0.717) is 46.3 Å². The number of esters is 1. The van der Waals surface area contributed by atoms with Crippen LogP contribution in [0, 0.1) is 5.82 Å². The van der Waals surface area contributed by atoms with Gasteiger partial charge < -0.3 is 15.2 Å². The molecule has 1 fully saturated rings. The number of nitrogens with two attached hydrogens (primary N) is 1. The number of methoxy groups -OCH3 is 1. The van der Waals surface area contributed by atoms with Crippen molar-refractivity contribution >= 4 is 38.4 Å². The van der Waals surface area contributed by atoms with Crippen molar-refractivity contribution in [1.82, 2.24) is 29.4 Å². The van der Waals surface area contributed by atoms with Crippen LogP contribution >= 0.6 is 0 Å². The van der Waals surface area contributed by atoms with Gasteiger partial charge >= 0.3 is 11.7 Å². The third kappa shape index (κ3) is 6.69. The summed E-state index contributed by atoms with van der Waals surface area (Å²) in [5.41, 5.74) is 9.67. The molecule has 50 heavy (non-hydrogen) atoms. The molecule has 2 aromatic carbocycles. The van der Waals surface area contributed by atoms with Crippen LogP contribution in [0.5, 0.6) is 5.75 Å². The number of aryl methyl sites for hydroxylation is 1. The fourth-order valence-electron chi connectivity index (χ4n) is 6.24. The van der Waals surface area contributed by atoms with E-state index in [2.05, 4.69) is 10.1 Å². The Morgan fingerprint density at radius 3 is 2.50 bits per heavy atom. The zero-order valence-electron chi connectivity index (χ0n) is 27.5. The maximum atomic E-state index is 13.6. The number of sulfonamides is 1. The van der Waals surface area contributed by atoms with E-state index < -0.39 is 27.7 Å². The van der Waals surface area contributed by atoms with Crippen LogP contribution in [0.4, 0.5) is 24.7 Å². The maximum absolute atomic E-state index is 13.6. The molecule has 2 unspecified atom stereocenters.